The lowest BCUT2D eigenvalue weighted by molar-refractivity contribution is -0.111. The fourth-order valence-electron chi connectivity index (χ4n) is 3.00. The first-order valence-corrected chi connectivity index (χ1v) is 8.30. The van der Waals surface area contributed by atoms with Gasteiger partial charge in [-0.25, -0.2) is 4.79 Å². The zero-order chi connectivity index (χ0) is 18.8. The van der Waals surface area contributed by atoms with E-state index < -0.39 is 0 Å². The highest BCUT2D eigenvalue weighted by molar-refractivity contribution is 6.54. The molecule has 1 aliphatic heterocycles. The Morgan fingerprint density at radius 2 is 2.04 bits per heavy atom. The number of carbonyl (C=O) groups excluding carboxylic acids is 2. The average molecular weight is 352 g/mol. The Balaban J connectivity index is 1.90. The van der Waals surface area contributed by atoms with Crippen LogP contribution >= 0.6 is 0 Å². The zero-order valence-corrected chi connectivity index (χ0v) is 15.2. The number of fused-ring (bicyclic) bond motifs is 1. The van der Waals surface area contributed by atoms with Gasteiger partial charge < -0.3 is 14.6 Å². The number of nitrogens with one attached hydrogen (secondary N) is 1. The zero-order valence-electron chi connectivity index (χ0n) is 15.2. The molecule has 0 aliphatic carbocycles. The van der Waals surface area contributed by atoms with E-state index in [2.05, 4.69) is 15.2 Å². The summed E-state index contributed by atoms with van der Waals surface area (Å²) in [5.41, 5.74) is 4.46. The van der Waals surface area contributed by atoms with E-state index in [-0.39, 0.29) is 11.9 Å². The van der Waals surface area contributed by atoms with Crippen molar-refractivity contribution in [2.24, 2.45) is 10.2 Å². The van der Waals surface area contributed by atoms with Crippen LogP contribution in [0.2, 0.25) is 0 Å². The Kier molecular flexibility index (Phi) is 4.71. The van der Waals surface area contributed by atoms with Gasteiger partial charge in [-0.15, -0.1) is 5.10 Å². The highest BCUT2D eigenvalue weighted by Gasteiger charge is 2.31. The molecule has 7 nitrogen and oxygen atoms in total. The summed E-state index contributed by atoms with van der Waals surface area (Å²) in [5.74, 6) is -0.568. The van der Waals surface area contributed by atoms with E-state index in [1.807, 2.05) is 31.2 Å². The maximum Gasteiger partial charge on any atom is 0.340 e. The molecule has 1 N–H and O–H groups in total. The fraction of sp³-hybridized carbons (Fsp3) is 0.263. The highest BCUT2D eigenvalue weighted by atomic mass is 16.5. The fourth-order valence-corrected chi connectivity index (χ4v) is 3.00. The summed E-state index contributed by atoms with van der Waals surface area (Å²) in [7, 11) is 1.71. The van der Waals surface area contributed by atoms with Gasteiger partial charge >= 0.3 is 5.97 Å². The van der Waals surface area contributed by atoms with E-state index in [9.17, 15) is 9.59 Å². The normalized spacial score (nSPS) is 15.2. The minimum absolute atomic E-state index is 0.199. The summed E-state index contributed by atoms with van der Waals surface area (Å²) in [6.07, 6.45) is 1.51. The van der Waals surface area contributed by atoms with Crippen LogP contribution in [0.1, 0.15) is 39.8 Å². The van der Waals surface area contributed by atoms with Gasteiger partial charge in [-0.1, -0.05) is 18.2 Å². The van der Waals surface area contributed by atoms with E-state index in [0.717, 1.165) is 16.8 Å². The number of likely N-dealkylation sites (N-methyl/N-ethyl adjacent to an activating group) is 1. The number of aromatic nitrogens is 1. The molecule has 0 saturated carbocycles. The molecular weight excluding hydrogens is 332 g/mol. The Hall–Kier alpha value is -3.22. The summed E-state index contributed by atoms with van der Waals surface area (Å²) < 4.78 is 5.07. The molecular formula is C19H20N4O3. The van der Waals surface area contributed by atoms with Gasteiger partial charge in [-0.05, 0) is 32.4 Å². The second-order valence-electron chi connectivity index (χ2n) is 5.96. The van der Waals surface area contributed by atoms with Crippen molar-refractivity contribution in [2.75, 3.05) is 18.6 Å². The van der Waals surface area contributed by atoms with E-state index in [1.165, 1.54) is 6.21 Å². The molecule has 2 heterocycles. The van der Waals surface area contributed by atoms with Gasteiger partial charge in [0.05, 0.1) is 29.8 Å². The standard InChI is InChI=1S/C19H20N4O3/c1-5-26-19(25)16-11(2)14(21-12(16)3)10-20-22-17-13-8-6-7-9-15(13)23(4)18(17)24/h6-10,21H,5H2,1-4H3/b20-10+,22-17+. The van der Waals surface area contributed by atoms with Gasteiger partial charge in [-0.2, -0.15) is 5.10 Å². The lowest BCUT2D eigenvalue weighted by Crippen LogP contribution is -2.25. The van der Waals surface area contributed by atoms with Crippen LogP contribution in [0, 0.1) is 13.8 Å². The molecule has 0 atom stereocenters. The maximum atomic E-state index is 12.3. The number of esters is 1. The Bertz CT molecular complexity index is 940. The van der Waals surface area contributed by atoms with E-state index in [1.54, 1.807) is 25.8 Å². The molecule has 26 heavy (non-hydrogen) atoms. The van der Waals surface area contributed by atoms with Crippen LogP contribution in [0.25, 0.3) is 0 Å². The number of carbonyl (C=O) groups is 2. The molecule has 0 radical (unpaired) electrons. The van der Waals surface area contributed by atoms with Crippen LogP contribution in [0.5, 0.6) is 0 Å². The van der Waals surface area contributed by atoms with E-state index >= 15 is 0 Å². The number of para-hydroxylation sites is 1. The van der Waals surface area contributed by atoms with Crippen molar-refractivity contribution >= 4 is 29.5 Å². The number of amides is 1. The molecule has 3 rings (SSSR count). The predicted molar refractivity (Wildman–Crippen MR) is 100 cm³/mol. The molecule has 0 saturated heterocycles. The molecule has 0 fully saturated rings. The minimum Gasteiger partial charge on any atom is -0.462 e. The number of anilines is 1. The first kappa shape index (κ1) is 17.6. The van der Waals surface area contributed by atoms with Crippen molar-refractivity contribution in [3.8, 4) is 0 Å². The molecule has 1 aromatic heterocycles. The number of hydrogen-bond acceptors (Lipinski definition) is 5. The summed E-state index contributed by atoms with van der Waals surface area (Å²) >= 11 is 0. The van der Waals surface area contributed by atoms with Gasteiger partial charge in [0.1, 0.15) is 0 Å². The molecule has 1 aromatic carbocycles. The molecule has 134 valence electrons. The smallest absolute Gasteiger partial charge is 0.340 e. The number of nitrogens with zero attached hydrogens (tertiary/aromatic N) is 3. The summed E-state index contributed by atoms with van der Waals surface area (Å²) in [5, 5.41) is 8.17. The molecule has 7 heteroatoms. The Morgan fingerprint density at radius 1 is 1.31 bits per heavy atom. The van der Waals surface area contributed by atoms with Crippen molar-refractivity contribution in [1.82, 2.24) is 4.98 Å². The van der Waals surface area contributed by atoms with Crippen molar-refractivity contribution in [1.29, 1.82) is 0 Å². The van der Waals surface area contributed by atoms with Crippen molar-refractivity contribution < 1.29 is 14.3 Å². The second-order valence-corrected chi connectivity index (χ2v) is 5.96. The predicted octanol–water partition coefficient (Wildman–Crippen LogP) is 2.61. The topological polar surface area (TPSA) is 87.1 Å². The molecule has 1 amide bonds. The summed E-state index contributed by atoms with van der Waals surface area (Å²) in [6, 6.07) is 7.43. The molecule has 0 spiro atoms. The third kappa shape index (κ3) is 2.92. The van der Waals surface area contributed by atoms with E-state index in [0.29, 0.717) is 29.3 Å². The van der Waals surface area contributed by atoms with E-state index in [4.69, 9.17) is 4.74 Å². The summed E-state index contributed by atoms with van der Waals surface area (Å²) in [4.78, 5) is 29.0. The van der Waals surface area contributed by atoms with Gasteiger partial charge in [0.2, 0.25) is 0 Å². The van der Waals surface area contributed by atoms with Gasteiger partial charge in [0.25, 0.3) is 5.91 Å². The number of hydrogen-bond donors (Lipinski definition) is 1. The molecule has 1 aliphatic rings. The Labute approximate surface area is 151 Å². The van der Waals surface area contributed by atoms with Crippen molar-refractivity contribution in [2.45, 2.75) is 20.8 Å². The Morgan fingerprint density at radius 3 is 2.77 bits per heavy atom. The van der Waals surface area contributed by atoms with Gasteiger partial charge in [-0.3, -0.25) is 4.79 Å². The third-order valence-electron chi connectivity index (χ3n) is 4.33. The maximum absolute atomic E-state index is 12.3. The number of aryl methyl sites for hydroxylation is 1. The lowest BCUT2D eigenvalue weighted by Gasteiger charge is -2.07. The van der Waals surface area contributed by atoms with Crippen molar-refractivity contribution in [3.63, 3.8) is 0 Å². The van der Waals surface area contributed by atoms with Gasteiger partial charge in [0.15, 0.2) is 5.71 Å². The third-order valence-corrected chi connectivity index (χ3v) is 4.33. The number of ether oxygens (including phenoxy) is 1. The van der Waals surface area contributed by atoms with Crippen LogP contribution in [0.3, 0.4) is 0 Å². The second kappa shape index (κ2) is 6.95. The monoisotopic (exact) mass is 352 g/mol. The van der Waals surface area contributed by atoms with Gasteiger partial charge in [0, 0.05) is 18.3 Å². The number of H-pyrrole nitrogens is 1. The van der Waals surface area contributed by atoms with Crippen LogP contribution < -0.4 is 4.90 Å². The number of aromatic amines is 1. The quantitative estimate of drug-likeness (QED) is 0.521. The minimum atomic E-state index is -0.369. The first-order chi connectivity index (χ1) is 12.5. The largest absolute Gasteiger partial charge is 0.462 e. The van der Waals surface area contributed by atoms with Crippen LogP contribution in [0.4, 0.5) is 5.69 Å². The lowest BCUT2D eigenvalue weighted by atomic mass is 10.1. The highest BCUT2D eigenvalue weighted by Crippen LogP contribution is 2.27. The van der Waals surface area contributed by atoms with Crippen LogP contribution in [-0.4, -0.2) is 42.4 Å². The van der Waals surface area contributed by atoms with Crippen molar-refractivity contribution in [3.05, 3.63) is 52.3 Å². The molecule has 2 aromatic rings. The average Bonchev–Trinajstić information content (AvgIpc) is 3.03. The molecule has 0 unspecified atom stereocenters. The summed E-state index contributed by atoms with van der Waals surface area (Å²) in [6.45, 7) is 5.69. The number of benzene rings is 1. The molecule has 0 bridgehead atoms. The SMILES string of the molecule is CCOC(=O)c1c(C)[nH]c(/C=N/N=C2/C(=O)N(C)c3ccccc32)c1C. The first-order valence-electron chi connectivity index (χ1n) is 8.30. The van der Waals surface area contributed by atoms with Crippen LogP contribution in [0.15, 0.2) is 34.5 Å². The number of rotatable bonds is 4. The van der Waals surface area contributed by atoms with Crippen LogP contribution in [-0.2, 0) is 9.53 Å².